The van der Waals surface area contributed by atoms with Crippen molar-refractivity contribution in [3.05, 3.63) is 29.2 Å². The van der Waals surface area contributed by atoms with Crippen LogP contribution in [0.5, 0.6) is 0 Å². The molecule has 21 heavy (non-hydrogen) atoms. The average Bonchev–Trinajstić information content (AvgIpc) is 2.95. The van der Waals surface area contributed by atoms with E-state index >= 15 is 0 Å². The summed E-state index contributed by atoms with van der Waals surface area (Å²) in [5.74, 6) is 0.516. The van der Waals surface area contributed by atoms with E-state index in [0.717, 1.165) is 18.6 Å². The second kappa shape index (κ2) is 4.68. The molecule has 1 aliphatic rings. The van der Waals surface area contributed by atoms with Crippen LogP contribution in [0.1, 0.15) is 67.4 Å². The zero-order valence-electron chi connectivity index (χ0n) is 12.3. The second-order valence-electron chi connectivity index (χ2n) is 6.43. The first-order valence-corrected chi connectivity index (χ1v) is 6.98. The highest BCUT2D eigenvalue weighted by Gasteiger charge is 2.34. The first kappa shape index (κ1) is 13.8. The summed E-state index contributed by atoms with van der Waals surface area (Å²) in [4.78, 5) is 15.5. The molecule has 3 rings (SSSR count). The summed E-state index contributed by atoms with van der Waals surface area (Å²) in [6.07, 6.45) is 3.67. The molecule has 0 aliphatic heterocycles. The summed E-state index contributed by atoms with van der Waals surface area (Å²) in [7, 11) is 0. The van der Waals surface area contributed by atoms with Crippen LogP contribution in [0.3, 0.4) is 0 Å². The molecule has 1 fully saturated rings. The summed E-state index contributed by atoms with van der Waals surface area (Å²) in [6.45, 7) is 6.45. The largest absolute Gasteiger partial charge is 0.476 e. The van der Waals surface area contributed by atoms with Gasteiger partial charge in [0.05, 0.1) is 11.9 Å². The standard InChI is InChI=1S/C14H18N4O3/c1-14(2,3)9-6-15-10(21-9)7-18-12(8-4-5-8)11(13(19)20)16-17-18/h6,8H,4-5,7H2,1-3H3,(H,19,20). The molecule has 1 aliphatic carbocycles. The Morgan fingerprint density at radius 3 is 2.71 bits per heavy atom. The molecule has 0 saturated heterocycles. The molecule has 1 N–H and O–H groups in total. The lowest BCUT2D eigenvalue weighted by Crippen LogP contribution is -2.10. The van der Waals surface area contributed by atoms with E-state index in [1.165, 1.54) is 0 Å². The van der Waals surface area contributed by atoms with Crippen molar-refractivity contribution < 1.29 is 14.3 Å². The first-order valence-electron chi connectivity index (χ1n) is 6.98. The Morgan fingerprint density at radius 1 is 1.48 bits per heavy atom. The van der Waals surface area contributed by atoms with Gasteiger partial charge in [-0.3, -0.25) is 0 Å². The second-order valence-corrected chi connectivity index (χ2v) is 6.43. The first-order chi connectivity index (χ1) is 9.86. The Hall–Kier alpha value is -2.18. The van der Waals surface area contributed by atoms with Crippen molar-refractivity contribution in [3.63, 3.8) is 0 Å². The number of hydrogen-bond donors (Lipinski definition) is 1. The van der Waals surface area contributed by atoms with Gasteiger partial charge in [0, 0.05) is 11.3 Å². The number of rotatable bonds is 4. The average molecular weight is 290 g/mol. The Bertz CT molecular complexity index is 677. The number of aromatic carboxylic acids is 1. The fourth-order valence-corrected chi connectivity index (χ4v) is 2.21. The van der Waals surface area contributed by atoms with Crippen LogP contribution in [0.4, 0.5) is 0 Å². The maximum atomic E-state index is 11.2. The van der Waals surface area contributed by atoms with E-state index in [9.17, 15) is 9.90 Å². The summed E-state index contributed by atoms with van der Waals surface area (Å²) in [5.41, 5.74) is 0.609. The Labute approximate surface area is 122 Å². The van der Waals surface area contributed by atoms with Crippen LogP contribution in [0.15, 0.2) is 10.6 Å². The summed E-state index contributed by atoms with van der Waals surface area (Å²) in [6, 6.07) is 0. The molecular weight excluding hydrogens is 272 g/mol. The van der Waals surface area contributed by atoms with E-state index in [1.54, 1.807) is 10.9 Å². The lowest BCUT2D eigenvalue weighted by molar-refractivity contribution is 0.0689. The lowest BCUT2D eigenvalue weighted by atomic mass is 9.94. The highest BCUT2D eigenvalue weighted by molar-refractivity contribution is 5.86. The van der Waals surface area contributed by atoms with Gasteiger partial charge >= 0.3 is 5.97 Å². The van der Waals surface area contributed by atoms with Crippen LogP contribution in [0, 0.1) is 0 Å². The van der Waals surface area contributed by atoms with Crippen molar-refractivity contribution in [1.82, 2.24) is 20.0 Å². The summed E-state index contributed by atoms with van der Waals surface area (Å²) < 4.78 is 7.33. The molecule has 0 radical (unpaired) electrons. The number of carbonyl (C=O) groups is 1. The maximum Gasteiger partial charge on any atom is 0.358 e. The third-order valence-corrected chi connectivity index (χ3v) is 3.52. The molecule has 0 atom stereocenters. The van der Waals surface area contributed by atoms with Gasteiger partial charge < -0.3 is 9.52 Å². The highest BCUT2D eigenvalue weighted by Crippen LogP contribution is 2.41. The zero-order chi connectivity index (χ0) is 15.2. The van der Waals surface area contributed by atoms with Crippen LogP contribution < -0.4 is 0 Å². The number of carboxylic acids is 1. The van der Waals surface area contributed by atoms with Crippen molar-refractivity contribution in [2.75, 3.05) is 0 Å². The molecule has 7 heteroatoms. The van der Waals surface area contributed by atoms with Gasteiger partial charge in [-0.25, -0.2) is 14.5 Å². The molecule has 2 heterocycles. The van der Waals surface area contributed by atoms with Gasteiger partial charge in [0.2, 0.25) is 5.89 Å². The lowest BCUT2D eigenvalue weighted by Gasteiger charge is -2.13. The highest BCUT2D eigenvalue weighted by atomic mass is 16.4. The smallest absolute Gasteiger partial charge is 0.358 e. The predicted octanol–water partition coefficient (Wildman–Crippen LogP) is 2.19. The molecule has 0 bridgehead atoms. The molecule has 1 saturated carbocycles. The minimum Gasteiger partial charge on any atom is -0.476 e. The minimum absolute atomic E-state index is 0.0418. The molecule has 7 nitrogen and oxygen atoms in total. The van der Waals surface area contributed by atoms with E-state index in [0.29, 0.717) is 18.1 Å². The summed E-state index contributed by atoms with van der Waals surface area (Å²) >= 11 is 0. The van der Waals surface area contributed by atoms with Crippen LogP contribution >= 0.6 is 0 Å². The van der Waals surface area contributed by atoms with Crippen LogP contribution in [-0.2, 0) is 12.0 Å². The normalized spacial score (nSPS) is 15.4. The Balaban J connectivity index is 1.88. The van der Waals surface area contributed by atoms with Crippen molar-refractivity contribution in [1.29, 1.82) is 0 Å². The van der Waals surface area contributed by atoms with E-state index in [1.807, 2.05) is 20.8 Å². The van der Waals surface area contributed by atoms with Crippen molar-refractivity contribution in [3.8, 4) is 0 Å². The van der Waals surface area contributed by atoms with Gasteiger partial charge in [0.15, 0.2) is 5.69 Å². The van der Waals surface area contributed by atoms with Crippen molar-refractivity contribution >= 4 is 5.97 Å². The van der Waals surface area contributed by atoms with Crippen LogP contribution in [0.25, 0.3) is 0 Å². The number of nitrogens with zero attached hydrogens (tertiary/aromatic N) is 4. The monoisotopic (exact) mass is 290 g/mol. The SMILES string of the molecule is CC(C)(C)c1cnc(Cn2nnc(C(=O)O)c2C2CC2)o1. The van der Waals surface area contributed by atoms with Crippen LogP contribution in [-0.4, -0.2) is 31.1 Å². The van der Waals surface area contributed by atoms with Gasteiger partial charge in [0.25, 0.3) is 0 Å². The van der Waals surface area contributed by atoms with Gasteiger partial charge in [-0.05, 0) is 12.8 Å². The van der Waals surface area contributed by atoms with Gasteiger partial charge in [-0.15, -0.1) is 5.10 Å². The fraction of sp³-hybridized carbons (Fsp3) is 0.571. The fourth-order valence-electron chi connectivity index (χ4n) is 2.21. The van der Waals surface area contributed by atoms with Gasteiger partial charge in [-0.2, -0.15) is 0 Å². The Kier molecular flexibility index (Phi) is 3.07. The Morgan fingerprint density at radius 2 is 2.19 bits per heavy atom. The molecule has 2 aromatic rings. The minimum atomic E-state index is -1.04. The quantitative estimate of drug-likeness (QED) is 0.927. The van der Waals surface area contributed by atoms with E-state index in [2.05, 4.69) is 15.3 Å². The molecule has 0 amide bonds. The summed E-state index contributed by atoms with van der Waals surface area (Å²) in [5, 5.41) is 16.9. The molecule has 0 aromatic carbocycles. The zero-order valence-corrected chi connectivity index (χ0v) is 12.3. The van der Waals surface area contributed by atoms with E-state index < -0.39 is 5.97 Å². The third kappa shape index (κ3) is 2.68. The third-order valence-electron chi connectivity index (χ3n) is 3.52. The van der Waals surface area contributed by atoms with E-state index in [4.69, 9.17) is 4.42 Å². The van der Waals surface area contributed by atoms with Crippen molar-refractivity contribution in [2.24, 2.45) is 0 Å². The van der Waals surface area contributed by atoms with Gasteiger partial charge in [0.1, 0.15) is 12.3 Å². The van der Waals surface area contributed by atoms with E-state index in [-0.39, 0.29) is 17.0 Å². The number of hydrogen-bond acceptors (Lipinski definition) is 5. The van der Waals surface area contributed by atoms with Crippen LogP contribution in [0.2, 0.25) is 0 Å². The molecule has 112 valence electrons. The molecule has 0 spiro atoms. The molecule has 2 aromatic heterocycles. The number of carboxylic acid groups (broad SMARTS) is 1. The van der Waals surface area contributed by atoms with Crippen molar-refractivity contribution in [2.45, 2.75) is 51.5 Å². The molecule has 0 unspecified atom stereocenters. The topological polar surface area (TPSA) is 94.0 Å². The number of oxazole rings is 1. The predicted molar refractivity (Wildman–Crippen MR) is 73.3 cm³/mol. The maximum absolute atomic E-state index is 11.2. The number of aromatic nitrogens is 4. The van der Waals surface area contributed by atoms with Gasteiger partial charge in [-0.1, -0.05) is 26.0 Å². The molecular formula is C14H18N4O3.